The molecule has 1 aromatic carbocycles. The van der Waals surface area contributed by atoms with Gasteiger partial charge in [-0.2, -0.15) is 13.2 Å². The molecule has 8 heteroatoms. The second-order valence-corrected chi connectivity index (χ2v) is 5.13. The fourth-order valence-corrected chi connectivity index (χ4v) is 1.92. The number of hydrogen-bond acceptors (Lipinski definition) is 3. The third-order valence-corrected chi connectivity index (χ3v) is 3.13. The molecule has 128 valence electrons. The van der Waals surface area contributed by atoms with Crippen molar-refractivity contribution >= 4 is 17.5 Å². The van der Waals surface area contributed by atoms with Crippen LogP contribution in [0.15, 0.2) is 18.2 Å². The summed E-state index contributed by atoms with van der Waals surface area (Å²) in [6.45, 7) is 3.06. The predicted molar refractivity (Wildman–Crippen MR) is 78.7 cm³/mol. The Kier molecular flexibility index (Phi) is 6.56. The van der Waals surface area contributed by atoms with Crippen LogP contribution in [0.25, 0.3) is 0 Å². The average Bonchev–Trinajstić information content (AvgIpc) is 2.45. The van der Waals surface area contributed by atoms with Crippen molar-refractivity contribution in [1.29, 1.82) is 0 Å². The average molecular weight is 332 g/mol. The van der Waals surface area contributed by atoms with E-state index < -0.39 is 29.7 Å². The molecule has 0 aromatic heterocycles. The molecule has 3 N–H and O–H groups in total. The number of hydrogen-bond donors (Lipinski definition) is 3. The highest BCUT2D eigenvalue weighted by molar-refractivity contribution is 6.39. The van der Waals surface area contributed by atoms with E-state index in [0.717, 1.165) is 6.07 Å². The number of halogens is 3. The van der Waals surface area contributed by atoms with E-state index in [4.69, 9.17) is 0 Å². The number of alkyl halides is 3. The standard InChI is InChI=1S/C15H19F3N2O3/c1-3-4-11(21)8-19-13(22)14(23)20-10-6-5-9(2)12(7-10)15(16,17)18/h5-7,11,21H,3-4,8H2,1-2H3,(H,19,22)(H,20,23). The van der Waals surface area contributed by atoms with Gasteiger partial charge >= 0.3 is 18.0 Å². The first-order valence-electron chi connectivity index (χ1n) is 7.10. The Balaban J connectivity index is 2.69. The second-order valence-electron chi connectivity index (χ2n) is 5.13. The molecule has 1 unspecified atom stereocenters. The molecule has 0 spiro atoms. The number of aliphatic hydroxyl groups excluding tert-OH is 1. The zero-order chi connectivity index (χ0) is 17.6. The van der Waals surface area contributed by atoms with E-state index in [2.05, 4.69) is 10.6 Å². The number of amides is 2. The fourth-order valence-electron chi connectivity index (χ4n) is 1.92. The van der Waals surface area contributed by atoms with Gasteiger partial charge in [0.15, 0.2) is 0 Å². The number of rotatable bonds is 5. The van der Waals surface area contributed by atoms with Crippen LogP contribution in [-0.4, -0.2) is 29.6 Å². The number of nitrogens with one attached hydrogen (secondary N) is 2. The second kappa shape index (κ2) is 7.96. The highest BCUT2D eigenvalue weighted by Gasteiger charge is 2.32. The monoisotopic (exact) mass is 332 g/mol. The topological polar surface area (TPSA) is 78.4 Å². The molecule has 1 atom stereocenters. The van der Waals surface area contributed by atoms with E-state index >= 15 is 0 Å². The number of benzene rings is 1. The molecular weight excluding hydrogens is 313 g/mol. The lowest BCUT2D eigenvalue weighted by Crippen LogP contribution is -2.39. The summed E-state index contributed by atoms with van der Waals surface area (Å²) >= 11 is 0. The van der Waals surface area contributed by atoms with Crippen molar-refractivity contribution in [2.24, 2.45) is 0 Å². The Morgan fingerprint density at radius 2 is 1.91 bits per heavy atom. The molecule has 0 heterocycles. The summed E-state index contributed by atoms with van der Waals surface area (Å²) in [6, 6.07) is 3.26. The SMILES string of the molecule is CCCC(O)CNC(=O)C(=O)Nc1ccc(C)c(C(F)(F)F)c1. The summed E-state index contributed by atoms with van der Waals surface area (Å²) in [5.41, 5.74) is -0.992. The third-order valence-electron chi connectivity index (χ3n) is 3.13. The first-order valence-corrected chi connectivity index (χ1v) is 7.10. The normalized spacial score (nSPS) is 12.6. The highest BCUT2D eigenvalue weighted by Crippen LogP contribution is 2.33. The van der Waals surface area contributed by atoms with E-state index in [1.807, 2.05) is 6.92 Å². The largest absolute Gasteiger partial charge is 0.416 e. The molecular formula is C15H19F3N2O3. The van der Waals surface area contributed by atoms with Crippen LogP contribution in [0.5, 0.6) is 0 Å². The van der Waals surface area contributed by atoms with E-state index in [9.17, 15) is 27.9 Å². The molecule has 2 amide bonds. The van der Waals surface area contributed by atoms with Crippen molar-refractivity contribution in [3.05, 3.63) is 29.3 Å². The number of aryl methyl sites for hydroxylation is 1. The number of carbonyl (C=O) groups excluding carboxylic acids is 2. The molecule has 0 bridgehead atoms. The Bertz CT molecular complexity index is 574. The summed E-state index contributed by atoms with van der Waals surface area (Å²) in [7, 11) is 0. The maximum absolute atomic E-state index is 12.8. The van der Waals surface area contributed by atoms with Crippen LogP contribution in [0.3, 0.4) is 0 Å². The quantitative estimate of drug-likeness (QED) is 0.724. The van der Waals surface area contributed by atoms with E-state index in [0.29, 0.717) is 12.8 Å². The van der Waals surface area contributed by atoms with Crippen LogP contribution in [0.2, 0.25) is 0 Å². The third kappa shape index (κ3) is 5.90. The van der Waals surface area contributed by atoms with Gasteiger partial charge < -0.3 is 15.7 Å². The minimum Gasteiger partial charge on any atom is -0.391 e. The molecule has 0 radical (unpaired) electrons. The fraction of sp³-hybridized carbons (Fsp3) is 0.467. The highest BCUT2D eigenvalue weighted by atomic mass is 19.4. The summed E-state index contributed by atoms with van der Waals surface area (Å²) < 4.78 is 38.4. The molecule has 0 aliphatic rings. The zero-order valence-corrected chi connectivity index (χ0v) is 12.8. The van der Waals surface area contributed by atoms with Gasteiger partial charge in [-0.3, -0.25) is 9.59 Å². The number of aliphatic hydroxyl groups is 1. The van der Waals surface area contributed by atoms with Gasteiger partial charge in [-0.15, -0.1) is 0 Å². The van der Waals surface area contributed by atoms with E-state index in [-0.39, 0.29) is 17.8 Å². The summed E-state index contributed by atoms with van der Waals surface area (Å²) in [4.78, 5) is 23.2. The van der Waals surface area contributed by atoms with Crippen LogP contribution in [0.4, 0.5) is 18.9 Å². The van der Waals surface area contributed by atoms with Gasteiger partial charge in [0.1, 0.15) is 0 Å². The van der Waals surface area contributed by atoms with Gasteiger partial charge in [-0.1, -0.05) is 19.4 Å². The van der Waals surface area contributed by atoms with Crippen LogP contribution in [-0.2, 0) is 15.8 Å². The van der Waals surface area contributed by atoms with E-state index in [1.165, 1.54) is 19.1 Å². The summed E-state index contributed by atoms with van der Waals surface area (Å²) in [6.07, 6.45) is -4.13. The van der Waals surface area contributed by atoms with Crippen LogP contribution in [0.1, 0.15) is 30.9 Å². The number of anilines is 1. The Morgan fingerprint density at radius 3 is 2.48 bits per heavy atom. The molecule has 0 aliphatic carbocycles. The van der Waals surface area contributed by atoms with Gasteiger partial charge in [0.2, 0.25) is 0 Å². The summed E-state index contributed by atoms with van der Waals surface area (Å²) in [5.74, 6) is -2.11. The minimum absolute atomic E-state index is 0.0163. The van der Waals surface area contributed by atoms with Crippen LogP contribution in [0, 0.1) is 6.92 Å². The first-order chi connectivity index (χ1) is 10.6. The van der Waals surface area contributed by atoms with Crippen molar-refractivity contribution in [3.8, 4) is 0 Å². The van der Waals surface area contributed by atoms with Gasteiger partial charge in [-0.25, -0.2) is 0 Å². The van der Waals surface area contributed by atoms with Crippen molar-refractivity contribution < 1.29 is 27.9 Å². The molecule has 1 aromatic rings. The van der Waals surface area contributed by atoms with Gasteiger partial charge in [0, 0.05) is 12.2 Å². The van der Waals surface area contributed by atoms with Gasteiger partial charge in [-0.05, 0) is 31.0 Å². The molecule has 1 rings (SSSR count). The maximum atomic E-state index is 12.8. The number of carbonyl (C=O) groups is 2. The van der Waals surface area contributed by atoms with Crippen LogP contribution < -0.4 is 10.6 Å². The molecule has 23 heavy (non-hydrogen) atoms. The summed E-state index contributed by atoms with van der Waals surface area (Å²) in [5, 5.41) is 13.8. The smallest absolute Gasteiger partial charge is 0.391 e. The van der Waals surface area contributed by atoms with Crippen molar-refractivity contribution in [2.45, 2.75) is 39.0 Å². The predicted octanol–water partition coefficient (Wildman–Crippen LogP) is 2.23. The maximum Gasteiger partial charge on any atom is 0.416 e. The lowest BCUT2D eigenvalue weighted by Gasteiger charge is -2.13. The first kappa shape index (κ1) is 19.0. The van der Waals surface area contributed by atoms with Gasteiger partial charge in [0.25, 0.3) is 0 Å². The van der Waals surface area contributed by atoms with Crippen molar-refractivity contribution in [1.82, 2.24) is 5.32 Å². The molecule has 0 saturated carbocycles. The van der Waals surface area contributed by atoms with Crippen molar-refractivity contribution in [3.63, 3.8) is 0 Å². The zero-order valence-electron chi connectivity index (χ0n) is 12.8. The molecule has 0 fully saturated rings. The molecule has 0 saturated heterocycles. The Morgan fingerprint density at radius 1 is 1.26 bits per heavy atom. The molecule has 5 nitrogen and oxygen atoms in total. The van der Waals surface area contributed by atoms with Crippen molar-refractivity contribution in [2.75, 3.05) is 11.9 Å². The van der Waals surface area contributed by atoms with Crippen LogP contribution >= 0.6 is 0 Å². The van der Waals surface area contributed by atoms with Gasteiger partial charge in [0.05, 0.1) is 11.7 Å². The molecule has 0 aliphatic heterocycles. The Hall–Kier alpha value is -2.09. The lowest BCUT2D eigenvalue weighted by atomic mass is 10.1. The Labute approximate surface area is 131 Å². The lowest BCUT2D eigenvalue weighted by molar-refractivity contribution is -0.138. The van der Waals surface area contributed by atoms with E-state index in [1.54, 1.807) is 0 Å². The minimum atomic E-state index is -4.54.